The first kappa shape index (κ1) is 13.8. The molecule has 1 aromatic heterocycles. The minimum absolute atomic E-state index is 0.000179. The molecule has 2 aromatic rings. The average molecular weight is 295 g/mol. The highest BCUT2D eigenvalue weighted by Crippen LogP contribution is 2.28. The predicted molar refractivity (Wildman–Crippen MR) is 77.4 cm³/mol. The quantitative estimate of drug-likeness (QED) is 0.798. The topological polar surface area (TPSA) is 75.1 Å². The number of aryl methyl sites for hydroxylation is 1. The van der Waals surface area contributed by atoms with Crippen molar-refractivity contribution in [3.8, 4) is 0 Å². The molecule has 2 N–H and O–H groups in total. The van der Waals surface area contributed by atoms with Gasteiger partial charge >= 0.3 is 5.97 Å². The molecule has 0 unspecified atom stereocenters. The monoisotopic (exact) mass is 295 g/mol. The molecule has 0 aliphatic carbocycles. The van der Waals surface area contributed by atoms with Crippen molar-refractivity contribution in [3.05, 3.63) is 29.8 Å². The SMILES string of the molecule is CCc1ccccc1Nc1nnc(SCC(=O)O)s1. The van der Waals surface area contributed by atoms with Gasteiger partial charge in [-0.2, -0.15) is 0 Å². The molecule has 0 saturated carbocycles. The van der Waals surface area contributed by atoms with Crippen LogP contribution in [0.2, 0.25) is 0 Å². The molecule has 0 radical (unpaired) electrons. The summed E-state index contributed by atoms with van der Waals surface area (Å²) in [5, 5.41) is 20.4. The molecule has 1 heterocycles. The van der Waals surface area contributed by atoms with E-state index in [2.05, 4.69) is 28.5 Å². The molecule has 19 heavy (non-hydrogen) atoms. The summed E-state index contributed by atoms with van der Waals surface area (Å²) in [5.41, 5.74) is 2.22. The molecule has 0 spiro atoms. The Morgan fingerprint density at radius 1 is 1.42 bits per heavy atom. The van der Waals surface area contributed by atoms with Gasteiger partial charge in [0.1, 0.15) is 0 Å². The van der Waals surface area contributed by atoms with Gasteiger partial charge in [0, 0.05) is 5.69 Å². The number of thioether (sulfide) groups is 1. The van der Waals surface area contributed by atoms with E-state index in [9.17, 15) is 4.79 Å². The Morgan fingerprint density at radius 3 is 2.95 bits per heavy atom. The zero-order chi connectivity index (χ0) is 13.7. The van der Waals surface area contributed by atoms with Gasteiger partial charge in [-0.15, -0.1) is 10.2 Å². The van der Waals surface area contributed by atoms with Crippen molar-refractivity contribution in [2.24, 2.45) is 0 Å². The van der Waals surface area contributed by atoms with Crippen molar-refractivity contribution in [3.63, 3.8) is 0 Å². The molecular formula is C12H13N3O2S2. The summed E-state index contributed by atoms with van der Waals surface area (Å²) in [6, 6.07) is 8.01. The fourth-order valence-electron chi connectivity index (χ4n) is 1.51. The molecule has 1 aromatic carbocycles. The highest BCUT2D eigenvalue weighted by atomic mass is 32.2. The van der Waals surface area contributed by atoms with E-state index >= 15 is 0 Å². The van der Waals surface area contributed by atoms with Gasteiger partial charge < -0.3 is 10.4 Å². The third-order valence-corrected chi connectivity index (χ3v) is 4.32. The molecule has 100 valence electrons. The second kappa shape index (κ2) is 6.53. The highest BCUT2D eigenvalue weighted by molar-refractivity contribution is 8.01. The predicted octanol–water partition coefficient (Wildman–Crippen LogP) is 3.02. The number of rotatable bonds is 6. The number of nitrogens with zero attached hydrogens (tertiary/aromatic N) is 2. The van der Waals surface area contributed by atoms with Crippen LogP contribution in [0.4, 0.5) is 10.8 Å². The lowest BCUT2D eigenvalue weighted by molar-refractivity contribution is -0.133. The van der Waals surface area contributed by atoms with Crippen LogP contribution in [-0.4, -0.2) is 27.0 Å². The summed E-state index contributed by atoms with van der Waals surface area (Å²) in [7, 11) is 0. The molecule has 0 amide bonds. The third kappa shape index (κ3) is 3.93. The van der Waals surface area contributed by atoms with E-state index in [1.54, 1.807) is 0 Å². The van der Waals surface area contributed by atoms with Gasteiger partial charge in [0.15, 0.2) is 4.34 Å². The van der Waals surface area contributed by atoms with E-state index in [1.165, 1.54) is 28.7 Å². The maximum absolute atomic E-state index is 10.5. The summed E-state index contributed by atoms with van der Waals surface area (Å²) >= 11 is 2.53. The first-order valence-electron chi connectivity index (χ1n) is 5.72. The molecule has 0 aliphatic heterocycles. The van der Waals surface area contributed by atoms with Gasteiger partial charge in [0.2, 0.25) is 5.13 Å². The maximum Gasteiger partial charge on any atom is 0.313 e. The standard InChI is InChI=1S/C12H13N3O2S2/c1-2-8-5-3-4-6-9(8)13-11-14-15-12(19-11)18-7-10(16)17/h3-6H,2,7H2,1H3,(H,13,14)(H,16,17). The Bertz CT molecular complexity index is 572. The summed E-state index contributed by atoms with van der Waals surface area (Å²) in [6.45, 7) is 2.09. The first-order valence-corrected chi connectivity index (χ1v) is 7.52. The van der Waals surface area contributed by atoms with Crippen LogP contribution in [0.5, 0.6) is 0 Å². The molecule has 2 rings (SSSR count). The normalized spacial score (nSPS) is 10.4. The Labute approximate surface area is 119 Å². The lowest BCUT2D eigenvalue weighted by atomic mass is 10.1. The summed E-state index contributed by atoms with van der Waals surface area (Å²) in [6.07, 6.45) is 0.933. The Morgan fingerprint density at radius 2 is 2.21 bits per heavy atom. The van der Waals surface area contributed by atoms with Crippen molar-refractivity contribution < 1.29 is 9.90 Å². The number of hydrogen-bond acceptors (Lipinski definition) is 6. The number of para-hydroxylation sites is 1. The number of carboxylic acid groups (broad SMARTS) is 1. The molecule has 0 bridgehead atoms. The van der Waals surface area contributed by atoms with Crippen LogP contribution in [0.1, 0.15) is 12.5 Å². The van der Waals surface area contributed by atoms with Crippen LogP contribution in [0.25, 0.3) is 0 Å². The maximum atomic E-state index is 10.5. The molecule has 7 heteroatoms. The number of carbonyl (C=O) groups is 1. The summed E-state index contributed by atoms with van der Waals surface area (Å²) in [5.74, 6) is -0.855. The largest absolute Gasteiger partial charge is 0.481 e. The second-order valence-electron chi connectivity index (χ2n) is 3.69. The van der Waals surface area contributed by atoms with Crippen molar-refractivity contribution in [2.45, 2.75) is 17.7 Å². The highest BCUT2D eigenvalue weighted by Gasteiger charge is 2.08. The number of aromatic nitrogens is 2. The van der Waals surface area contributed by atoms with Gasteiger partial charge in [-0.3, -0.25) is 4.79 Å². The summed E-state index contributed by atoms with van der Waals surface area (Å²) in [4.78, 5) is 10.5. The first-order chi connectivity index (χ1) is 9.19. The number of nitrogens with one attached hydrogen (secondary N) is 1. The van der Waals surface area contributed by atoms with E-state index in [0.717, 1.165) is 12.1 Å². The van der Waals surface area contributed by atoms with Gasteiger partial charge in [0.05, 0.1) is 5.75 Å². The Balaban J connectivity index is 2.05. The zero-order valence-electron chi connectivity index (χ0n) is 10.3. The van der Waals surface area contributed by atoms with Crippen molar-refractivity contribution >= 4 is 39.9 Å². The molecular weight excluding hydrogens is 282 g/mol. The van der Waals surface area contributed by atoms with Gasteiger partial charge in [-0.1, -0.05) is 48.2 Å². The van der Waals surface area contributed by atoms with Gasteiger partial charge in [-0.05, 0) is 18.1 Å². The minimum atomic E-state index is -0.856. The molecule has 0 aliphatic rings. The molecule has 0 fully saturated rings. The lowest BCUT2D eigenvalue weighted by Crippen LogP contribution is -1.96. The van der Waals surface area contributed by atoms with Gasteiger partial charge in [-0.25, -0.2) is 0 Å². The van der Waals surface area contributed by atoms with Crippen LogP contribution in [0.3, 0.4) is 0 Å². The van der Waals surface area contributed by atoms with Crippen LogP contribution >= 0.6 is 23.1 Å². The average Bonchev–Trinajstić information content (AvgIpc) is 2.85. The van der Waals surface area contributed by atoms with Crippen molar-refractivity contribution in [1.82, 2.24) is 10.2 Å². The fraction of sp³-hybridized carbons (Fsp3) is 0.250. The number of carboxylic acids is 1. The Hall–Kier alpha value is -1.60. The van der Waals surface area contributed by atoms with Crippen LogP contribution in [0.15, 0.2) is 28.6 Å². The number of benzene rings is 1. The minimum Gasteiger partial charge on any atom is -0.481 e. The van der Waals surface area contributed by atoms with Crippen LogP contribution < -0.4 is 5.32 Å². The van der Waals surface area contributed by atoms with Crippen molar-refractivity contribution in [1.29, 1.82) is 0 Å². The number of aliphatic carboxylic acids is 1. The van der Waals surface area contributed by atoms with E-state index in [1.807, 2.05) is 18.2 Å². The fourth-order valence-corrected chi connectivity index (χ4v) is 2.99. The molecule has 0 saturated heterocycles. The van der Waals surface area contributed by atoms with E-state index in [4.69, 9.17) is 5.11 Å². The van der Waals surface area contributed by atoms with Crippen LogP contribution in [-0.2, 0) is 11.2 Å². The molecule has 0 atom stereocenters. The Kier molecular flexibility index (Phi) is 4.75. The van der Waals surface area contributed by atoms with Gasteiger partial charge in [0.25, 0.3) is 0 Å². The third-order valence-electron chi connectivity index (χ3n) is 2.37. The van der Waals surface area contributed by atoms with E-state index in [0.29, 0.717) is 9.47 Å². The lowest BCUT2D eigenvalue weighted by Gasteiger charge is -2.06. The van der Waals surface area contributed by atoms with Crippen molar-refractivity contribution in [2.75, 3.05) is 11.1 Å². The van der Waals surface area contributed by atoms with E-state index in [-0.39, 0.29) is 5.75 Å². The van der Waals surface area contributed by atoms with Crippen LogP contribution in [0, 0.1) is 0 Å². The number of anilines is 2. The second-order valence-corrected chi connectivity index (χ2v) is 5.89. The number of hydrogen-bond donors (Lipinski definition) is 2. The van der Waals surface area contributed by atoms with E-state index < -0.39 is 5.97 Å². The smallest absolute Gasteiger partial charge is 0.313 e. The zero-order valence-corrected chi connectivity index (χ0v) is 11.9. The molecule has 5 nitrogen and oxygen atoms in total. The summed E-state index contributed by atoms with van der Waals surface area (Å²) < 4.78 is 0.652.